The summed E-state index contributed by atoms with van der Waals surface area (Å²) < 4.78 is 39.6. The Morgan fingerprint density at radius 1 is 1.07 bits per heavy atom. The van der Waals surface area contributed by atoms with Gasteiger partial charge in [-0.1, -0.05) is 24.3 Å². The molecule has 1 saturated heterocycles. The lowest BCUT2D eigenvalue weighted by molar-refractivity contribution is -0.137. The number of halogens is 3. The van der Waals surface area contributed by atoms with E-state index in [0.29, 0.717) is 18.8 Å². The Morgan fingerprint density at radius 2 is 1.75 bits per heavy atom. The fourth-order valence-electron chi connectivity index (χ4n) is 3.31. The van der Waals surface area contributed by atoms with E-state index in [0.717, 1.165) is 36.3 Å². The van der Waals surface area contributed by atoms with Gasteiger partial charge in [0, 0.05) is 26.2 Å². The van der Waals surface area contributed by atoms with Crippen molar-refractivity contribution >= 4 is 17.3 Å². The molecule has 2 aromatic carbocycles. The van der Waals surface area contributed by atoms with E-state index in [1.54, 1.807) is 0 Å². The van der Waals surface area contributed by atoms with Gasteiger partial charge in [-0.05, 0) is 43.3 Å². The quantitative estimate of drug-likeness (QED) is 0.857. The van der Waals surface area contributed by atoms with Gasteiger partial charge >= 0.3 is 6.18 Å². The van der Waals surface area contributed by atoms with Crippen LogP contribution >= 0.6 is 0 Å². The number of hydrogen-bond acceptors (Lipinski definition) is 3. The van der Waals surface area contributed by atoms with Crippen LogP contribution in [0.1, 0.15) is 16.7 Å². The zero-order valence-corrected chi connectivity index (χ0v) is 16.0. The molecule has 0 radical (unpaired) electrons. The number of hydrogen-bond donors (Lipinski definition) is 1. The first-order chi connectivity index (χ1) is 13.2. The number of rotatable bonds is 4. The molecule has 1 amide bonds. The fourth-order valence-corrected chi connectivity index (χ4v) is 3.31. The molecule has 0 aliphatic carbocycles. The lowest BCUT2D eigenvalue weighted by atomic mass is 10.1. The highest BCUT2D eigenvalue weighted by molar-refractivity contribution is 5.96. The summed E-state index contributed by atoms with van der Waals surface area (Å²) in [4.78, 5) is 16.7. The van der Waals surface area contributed by atoms with Gasteiger partial charge in [0.15, 0.2) is 0 Å². The van der Waals surface area contributed by atoms with E-state index in [2.05, 4.69) is 10.2 Å². The van der Waals surface area contributed by atoms with Crippen LogP contribution in [0.2, 0.25) is 0 Å². The molecule has 7 heteroatoms. The topological polar surface area (TPSA) is 35.6 Å². The summed E-state index contributed by atoms with van der Waals surface area (Å²) in [5.74, 6) is -0.330. The number of anilines is 2. The van der Waals surface area contributed by atoms with E-state index in [1.807, 2.05) is 43.1 Å². The van der Waals surface area contributed by atoms with E-state index in [9.17, 15) is 18.0 Å². The normalized spacial score (nSPS) is 15.5. The highest BCUT2D eigenvalue weighted by Gasteiger charge is 2.32. The van der Waals surface area contributed by atoms with Crippen LogP contribution in [-0.2, 0) is 17.4 Å². The van der Waals surface area contributed by atoms with Crippen LogP contribution in [-0.4, -0.2) is 44.0 Å². The summed E-state index contributed by atoms with van der Waals surface area (Å²) in [6.45, 7) is 4.93. The monoisotopic (exact) mass is 391 g/mol. The predicted octanol–water partition coefficient (Wildman–Crippen LogP) is 3.95. The van der Waals surface area contributed by atoms with Crippen molar-refractivity contribution < 1.29 is 18.0 Å². The third-order valence-electron chi connectivity index (χ3n) is 5.05. The zero-order valence-electron chi connectivity index (χ0n) is 16.0. The Balaban J connectivity index is 1.85. The maximum absolute atomic E-state index is 13.2. The van der Waals surface area contributed by atoms with Gasteiger partial charge < -0.3 is 15.1 Å². The number of likely N-dealkylation sites (N-methyl/N-ethyl adjacent to an activating group) is 1. The highest BCUT2D eigenvalue weighted by Crippen LogP contribution is 2.36. The second-order valence-corrected chi connectivity index (χ2v) is 7.17. The molecule has 0 atom stereocenters. The average molecular weight is 391 g/mol. The van der Waals surface area contributed by atoms with E-state index in [-0.39, 0.29) is 18.0 Å². The van der Waals surface area contributed by atoms with Gasteiger partial charge in [-0.2, -0.15) is 13.2 Å². The predicted molar refractivity (Wildman–Crippen MR) is 105 cm³/mol. The van der Waals surface area contributed by atoms with Crippen molar-refractivity contribution in [3.8, 4) is 0 Å². The van der Waals surface area contributed by atoms with E-state index >= 15 is 0 Å². The van der Waals surface area contributed by atoms with Crippen molar-refractivity contribution in [2.75, 3.05) is 43.4 Å². The molecule has 150 valence electrons. The number of nitrogens with one attached hydrogen (secondary N) is 1. The summed E-state index contributed by atoms with van der Waals surface area (Å²) >= 11 is 0. The molecule has 3 rings (SSSR count). The lowest BCUT2D eigenvalue weighted by Crippen LogP contribution is -2.44. The van der Waals surface area contributed by atoms with Gasteiger partial charge in [-0.15, -0.1) is 0 Å². The molecule has 28 heavy (non-hydrogen) atoms. The lowest BCUT2D eigenvalue weighted by Gasteiger charge is -2.35. The second kappa shape index (κ2) is 8.22. The number of piperazine rings is 1. The Hall–Kier alpha value is -2.54. The van der Waals surface area contributed by atoms with Gasteiger partial charge in [0.1, 0.15) is 0 Å². The van der Waals surface area contributed by atoms with E-state index < -0.39 is 11.7 Å². The summed E-state index contributed by atoms with van der Waals surface area (Å²) in [6, 6.07) is 11.0. The Labute approximate surface area is 162 Å². The number of alkyl halides is 3. The number of carbonyl (C=O) groups excluding carboxylic acids is 1. The highest BCUT2D eigenvalue weighted by atomic mass is 19.4. The Morgan fingerprint density at radius 3 is 2.39 bits per heavy atom. The molecular formula is C21H24F3N3O. The first-order valence-corrected chi connectivity index (χ1v) is 9.23. The average Bonchev–Trinajstić information content (AvgIpc) is 2.64. The van der Waals surface area contributed by atoms with E-state index in [1.165, 1.54) is 6.07 Å². The van der Waals surface area contributed by atoms with Gasteiger partial charge in [-0.3, -0.25) is 4.79 Å². The number of benzene rings is 2. The van der Waals surface area contributed by atoms with E-state index in [4.69, 9.17) is 0 Å². The molecule has 2 aromatic rings. The van der Waals surface area contributed by atoms with Crippen LogP contribution in [0.25, 0.3) is 0 Å². The summed E-state index contributed by atoms with van der Waals surface area (Å²) in [5, 5.41) is 2.71. The van der Waals surface area contributed by atoms with Crippen LogP contribution in [0.3, 0.4) is 0 Å². The molecule has 1 fully saturated rings. The van der Waals surface area contributed by atoms with Crippen molar-refractivity contribution in [2.24, 2.45) is 0 Å². The van der Waals surface area contributed by atoms with Crippen LogP contribution in [0.4, 0.5) is 24.5 Å². The minimum absolute atomic E-state index is 0.116. The Kier molecular flexibility index (Phi) is 5.93. The molecule has 0 spiro atoms. The van der Waals surface area contributed by atoms with Crippen LogP contribution in [0, 0.1) is 6.92 Å². The Bertz CT molecular complexity index is 843. The summed E-state index contributed by atoms with van der Waals surface area (Å²) in [7, 11) is 2.01. The summed E-state index contributed by atoms with van der Waals surface area (Å²) in [5.41, 5.74) is 1.89. The molecule has 4 nitrogen and oxygen atoms in total. The van der Waals surface area contributed by atoms with Crippen molar-refractivity contribution in [1.29, 1.82) is 0 Å². The first-order valence-electron chi connectivity index (χ1n) is 9.23. The molecular weight excluding hydrogens is 367 g/mol. The molecule has 1 N–H and O–H groups in total. The number of carbonyl (C=O) groups is 1. The van der Waals surface area contributed by atoms with Crippen LogP contribution in [0.5, 0.6) is 0 Å². The van der Waals surface area contributed by atoms with Gasteiger partial charge in [0.05, 0.1) is 23.4 Å². The van der Waals surface area contributed by atoms with Gasteiger partial charge in [-0.25, -0.2) is 0 Å². The molecule has 1 heterocycles. The third-order valence-corrected chi connectivity index (χ3v) is 5.05. The number of nitrogens with zero attached hydrogens (tertiary/aromatic N) is 2. The van der Waals surface area contributed by atoms with Gasteiger partial charge in [0.2, 0.25) is 5.91 Å². The molecule has 0 unspecified atom stereocenters. The van der Waals surface area contributed by atoms with Crippen LogP contribution in [0.15, 0.2) is 42.5 Å². The smallest absolute Gasteiger partial charge is 0.367 e. The number of aryl methyl sites for hydroxylation is 1. The standard InChI is InChI=1S/C21H24F3N3O/c1-15-5-3-4-6-16(15)13-20(28)25-18-14-17(21(22,23)24)7-8-19(18)27-11-9-26(2)10-12-27/h3-8,14H,9-13H2,1-2H3,(H,25,28). The maximum atomic E-state index is 13.2. The van der Waals surface area contributed by atoms with Gasteiger partial charge in [0.25, 0.3) is 0 Å². The van der Waals surface area contributed by atoms with Crippen molar-refractivity contribution in [1.82, 2.24) is 4.90 Å². The largest absolute Gasteiger partial charge is 0.416 e. The third kappa shape index (κ3) is 4.84. The maximum Gasteiger partial charge on any atom is 0.416 e. The second-order valence-electron chi connectivity index (χ2n) is 7.17. The van der Waals surface area contributed by atoms with Crippen LogP contribution < -0.4 is 10.2 Å². The minimum atomic E-state index is -4.46. The number of amides is 1. The molecule has 0 bridgehead atoms. The molecule has 1 aliphatic rings. The fraction of sp³-hybridized carbons (Fsp3) is 0.381. The molecule has 0 aromatic heterocycles. The van der Waals surface area contributed by atoms with Crippen molar-refractivity contribution in [2.45, 2.75) is 19.5 Å². The first kappa shape index (κ1) is 20.2. The van der Waals surface area contributed by atoms with Crippen molar-refractivity contribution in [3.05, 3.63) is 59.2 Å². The minimum Gasteiger partial charge on any atom is -0.367 e. The SMILES string of the molecule is Cc1ccccc1CC(=O)Nc1cc(C(F)(F)F)ccc1N1CCN(C)CC1. The van der Waals surface area contributed by atoms with Crippen molar-refractivity contribution in [3.63, 3.8) is 0 Å². The molecule has 1 aliphatic heterocycles. The zero-order chi connectivity index (χ0) is 20.3. The summed E-state index contributed by atoms with van der Waals surface area (Å²) in [6.07, 6.45) is -4.35. The molecule has 0 saturated carbocycles.